The van der Waals surface area contributed by atoms with Gasteiger partial charge in [0.2, 0.25) is 0 Å². The molecule has 0 radical (unpaired) electrons. The standard InChI is InChI=1S/C17H24N6O/c1-3-8-23-11-14(10-20-23)17(24)22-9-5-15(12-22)21(2)13-16-18-6-4-7-19-16/h4,6-7,10-11,15H,3,5,8-9,12-13H2,1-2H3/t15-/m0/s1. The number of hydrogen-bond acceptors (Lipinski definition) is 5. The number of rotatable bonds is 6. The number of amides is 1. The Morgan fingerprint density at radius 1 is 1.38 bits per heavy atom. The van der Waals surface area contributed by atoms with E-state index >= 15 is 0 Å². The number of likely N-dealkylation sites (tertiary alicyclic amines) is 1. The molecule has 0 bridgehead atoms. The molecule has 7 heteroatoms. The second-order valence-electron chi connectivity index (χ2n) is 6.27. The molecule has 7 nitrogen and oxygen atoms in total. The number of aromatic nitrogens is 4. The first-order valence-electron chi connectivity index (χ1n) is 8.45. The molecule has 1 amide bonds. The topological polar surface area (TPSA) is 67.2 Å². The van der Waals surface area contributed by atoms with E-state index in [9.17, 15) is 4.79 Å². The van der Waals surface area contributed by atoms with Crippen LogP contribution in [0.4, 0.5) is 0 Å². The van der Waals surface area contributed by atoms with E-state index in [1.54, 1.807) is 18.6 Å². The molecule has 0 unspecified atom stereocenters. The van der Waals surface area contributed by atoms with Gasteiger partial charge in [-0.3, -0.25) is 14.4 Å². The lowest BCUT2D eigenvalue weighted by atomic mass is 10.2. The summed E-state index contributed by atoms with van der Waals surface area (Å²) < 4.78 is 1.83. The van der Waals surface area contributed by atoms with E-state index in [1.165, 1.54) is 0 Å². The number of aryl methyl sites for hydroxylation is 1. The van der Waals surface area contributed by atoms with Crippen molar-refractivity contribution in [3.05, 3.63) is 42.2 Å². The Labute approximate surface area is 142 Å². The molecule has 3 rings (SSSR count). The largest absolute Gasteiger partial charge is 0.337 e. The van der Waals surface area contributed by atoms with Gasteiger partial charge in [0.05, 0.1) is 18.3 Å². The minimum atomic E-state index is 0.0733. The Bertz CT molecular complexity index is 671. The van der Waals surface area contributed by atoms with Gasteiger partial charge in [0.25, 0.3) is 5.91 Å². The molecule has 1 atom stereocenters. The van der Waals surface area contributed by atoms with Crippen LogP contribution in [-0.2, 0) is 13.1 Å². The Kier molecular flexibility index (Phi) is 5.20. The minimum Gasteiger partial charge on any atom is -0.337 e. The van der Waals surface area contributed by atoms with E-state index in [0.29, 0.717) is 18.2 Å². The molecule has 1 aliphatic rings. The summed E-state index contributed by atoms with van der Waals surface area (Å²) in [4.78, 5) is 25.3. The Morgan fingerprint density at radius 3 is 2.92 bits per heavy atom. The lowest BCUT2D eigenvalue weighted by molar-refractivity contribution is 0.0779. The summed E-state index contributed by atoms with van der Waals surface area (Å²) in [5.41, 5.74) is 0.679. The van der Waals surface area contributed by atoms with Gasteiger partial charge in [-0.05, 0) is 26.0 Å². The predicted molar refractivity (Wildman–Crippen MR) is 90.3 cm³/mol. The second kappa shape index (κ2) is 7.53. The van der Waals surface area contributed by atoms with Crippen LogP contribution in [0.15, 0.2) is 30.9 Å². The fourth-order valence-corrected chi connectivity index (χ4v) is 3.06. The molecule has 3 heterocycles. The maximum atomic E-state index is 12.6. The normalized spacial score (nSPS) is 17.6. The molecule has 0 aliphatic carbocycles. The highest BCUT2D eigenvalue weighted by molar-refractivity contribution is 5.93. The lowest BCUT2D eigenvalue weighted by Gasteiger charge is -2.23. The monoisotopic (exact) mass is 328 g/mol. The molecular weight excluding hydrogens is 304 g/mol. The van der Waals surface area contributed by atoms with E-state index in [-0.39, 0.29) is 5.91 Å². The van der Waals surface area contributed by atoms with E-state index < -0.39 is 0 Å². The summed E-state index contributed by atoms with van der Waals surface area (Å²) in [5, 5.41) is 4.25. The molecule has 1 fully saturated rings. The van der Waals surface area contributed by atoms with Gasteiger partial charge in [-0.15, -0.1) is 0 Å². The van der Waals surface area contributed by atoms with Crippen LogP contribution in [-0.4, -0.2) is 61.6 Å². The van der Waals surface area contributed by atoms with Crippen molar-refractivity contribution >= 4 is 5.91 Å². The highest BCUT2D eigenvalue weighted by Gasteiger charge is 2.30. The zero-order valence-corrected chi connectivity index (χ0v) is 14.3. The Hall–Kier alpha value is -2.28. The quantitative estimate of drug-likeness (QED) is 0.802. The Balaban J connectivity index is 1.57. The number of hydrogen-bond donors (Lipinski definition) is 0. The molecule has 24 heavy (non-hydrogen) atoms. The van der Waals surface area contributed by atoms with Crippen molar-refractivity contribution in [3.63, 3.8) is 0 Å². The molecule has 1 saturated heterocycles. The van der Waals surface area contributed by atoms with Gasteiger partial charge in [0.15, 0.2) is 0 Å². The van der Waals surface area contributed by atoms with Crippen LogP contribution in [0, 0.1) is 0 Å². The molecule has 1 aliphatic heterocycles. The van der Waals surface area contributed by atoms with Crippen LogP contribution in [0.5, 0.6) is 0 Å². The van der Waals surface area contributed by atoms with Crippen molar-refractivity contribution in [1.29, 1.82) is 0 Å². The van der Waals surface area contributed by atoms with Gasteiger partial charge in [0, 0.05) is 44.3 Å². The molecule has 128 valence electrons. The fourth-order valence-electron chi connectivity index (χ4n) is 3.06. The molecule has 2 aromatic heterocycles. The number of carbonyl (C=O) groups is 1. The zero-order valence-electron chi connectivity index (χ0n) is 14.3. The van der Waals surface area contributed by atoms with Gasteiger partial charge < -0.3 is 4.90 Å². The van der Waals surface area contributed by atoms with Crippen LogP contribution in [0.1, 0.15) is 35.9 Å². The predicted octanol–water partition coefficient (Wildman–Crippen LogP) is 1.43. The summed E-state index contributed by atoms with van der Waals surface area (Å²) in [6.45, 7) is 5.15. The van der Waals surface area contributed by atoms with E-state index in [1.807, 2.05) is 21.8 Å². The van der Waals surface area contributed by atoms with E-state index in [2.05, 4.69) is 33.9 Å². The number of likely N-dealkylation sites (N-methyl/N-ethyl adjacent to an activating group) is 1. The third-order valence-electron chi connectivity index (χ3n) is 4.42. The van der Waals surface area contributed by atoms with Crippen molar-refractivity contribution in [2.24, 2.45) is 0 Å². The highest BCUT2D eigenvalue weighted by Crippen LogP contribution is 2.18. The van der Waals surface area contributed by atoms with Crippen LogP contribution < -0.4 is 0 Å². The first-order valence-corrected chi connectivity index (χ1v) is 8.45. The minimum absolute atomic E-state index is 0.0733. The summed E-state index contributed by atoms with van der Waals surface area (Å²) in [6.07, 6.45) is 9.02. The average Bonchev–Trinajstić information content (AvgIpc) is 3.25. The summed E-state index contributed by atoms with van der Waals surface area (Å²) in [6, 6.07) is 2.15. The highest BCUT2D eigenvalue weighted by atomic mass is 16.2. The number of nitrogens with zero attached hydrogens (tertiary/aromatic N) is 6. The molecule has 0 N–H and O–H groups in total. The third-order valence-corrected chi connectivity index (χ3v) is 4.42. The van der Waals surface area contributed by atoms with Gasteiger partial charge in [0.1, 0.15) is 5.82 Å². The van der Waals surface area contributed by atoms with Crippen molar-refractivity contribution in [2.45, 2.75) is 38.9 Å². The van der Waals surface area contributed by atoms with Gasteiger partial charge in [-0.1, -0.05) is 6.92 Å². The van der Waals surface area contributed by atoms with Crippen molar-refractivity contribution < 1.29 is 4.79 Å². The molecule has 0 spiro atoms. The van der Waals surface area contributed by atoms with Crippen LogP contribution in [0.3, 0.4) is 0 Å². The molecular formula is C17H24N6O. The van der Waals surface area contributed by atoms with Gasteiger partial charge >= 0.3 is 0 Å². The lowest BCUT2D eigenvalue weighted by Crippen LogP contribution is -2.36. The number of carbonyl (C=O) groups excluding carboxylic acids is 1. The van der Waals surface area contributed by atoms with Crippen molar-refractivity contribution in [2.75, 3.05) is 20.1 Å². The first kappa shape index (κ1) is 16.6. The van der Waals surface area contributed by atoms with E-state index in [4.69, 9.17) is 0 Å². The third kappa shape index (κ3) is 3.79. The van der Waals surface area contributed by atoms with Gasteiger partial charge in [-0.2, -0.15) is 5.10 Å². The fraction of sp³-hybridized carbons (Fsp3) is 0.529. The van der Waals surface area contributed by atoms with Crippen LogP contribution >= 0.6 is 0 Å². The molecule has 0 aromatic carbocycles. The zero-order chi connectivity index (χ0) is 16.9. The smallest absolute Gasteiger partial charge is 0.257 e. The SMILES string of the molecule is CCCn1cc(C(=O)N2CC[C@H](N(C)Cc3ncccn3)C2)cn1. The van der Waals surface area contributed by atoms with Crippen molar-refractivity contribution in [1.82, 2.24) is 29.5 Å². The summed E-state index contributed by atoms with van der Waals surface area (Å²) in [5.74, 6) is 0.884. The second-order valence-corrected chi connectivity index (χ2v) is 6.27. The van der Waals surface area contributed by atoms with Gasteiger partial charge in [-0.25, -0.2) is 9.97 Å². The Morgan fingerprint density at radius 2 is 2.17 bits per heavy atom. The first-order chi connectivity index (χ1) is 11.7. The van der Waals surface area contributed by atoms with E-state index in [0.717, 1.165) is 38.3 Å². The summed E-state index contributed by atoms with van der Waals surface area (Å²) >= 11 is 0. The summed E-state index contributed by atoms with van der Waals surface area (Å²) in [7, 11) is 2.06. The maximum absolute atomic E-state index is 12.6. The maximum Gasteiger partial charge on any atom is 0.257 e. The molecule has 2 aromatic rings. The van der Waals surface area contributed by atoms with Crippen LogP contribution in [0.25, 0.3) is 0 Å². The average molecular weight is 328 g/mol. The van der Waals surface area contributed by atoms with Crippen molar-refractivity contribution in [3.8, 4) is 0 Å². The van der Waals surface area contributed by atoms with Crippen LogP contribution in [0.2, 0.25) is 0 Å². The molecule has 0 saturated carbocycles.